The van der Waals surface area contributed by atoms with Crippen LogP contribution in [0.5, 0.6) is 0 Å². The van der Waals surface area contributed by atoms with E-state index in [1.165, 1.54) is 58.0 Å². The lowest BCUT2D eigenvalue weighted by Gasteiger charge is -2.33. The largest absolute Gasteiger partial charge is 0.317 e. The van der Waals surface area contributed by atoms with Gasteiger partial charge in [-0.3, -0.25) is 0 Å². The summed E-state index contributed by atoms with van der Waals surface area (Å²) in [5.74, 6) is 0. The molecule has 1 rings (SSSR count). The van der Waals surface area contributed by atoms with Crippen molar-refractivity contribution in [1.29, 1.82) is 0 Å². The van der Waals surface area contributed by atoms with Gasteiger partial charge in [-0.25, -0.2) is 0 Å². The Kier molecular flexibility index (Phi) is 7.06. The fraction of sp³-hybridized carbons (Fsp3) is 1.00. The van der Waals surface area contributed by atoms with Crippen LogP contribution in [-0.2, 0) is 0 Å². The lowest BCUT2D eigenvalue weighted by atomic mass is 9.76. The van der Waals surface area contributed by atoms with Crippen LogP contribution in [0.1, 0.15) is 58.8 Å². The van der Waals surface area contributed by atoms with Gasteiger partial charge in [0.25, 0.3) is 0 Å². The normalized spacial score (nSPS) is 19.9. The predicted molar refractivity (Wildman–Crippen MR) is 71.8 cm³/mol. The molecule has 1 aliphatic rings. The maximum Gasteiger partial charge on any atom is 0.000517 e. The Bertz CT molecular complexity index is 162. The summed E-state index contributed by atoms with van der Waals surface area (Å²) in [5.41, 5.74) is 0.592. The van der Waals surface area contributed by atoms with E-state index in [9.17, 15) is 0 Å². The van der Waals surface area contributed by atoms with Crippen molar-refractivity contribution in [3.63, 3.8) is 0 Å². The van der Waals surface area contributed by atoms with E-state index in [2.05, 4.69) is 24.5 Å². The van der Waals surface area contributed by atoms with Crippen molar-refractivity contribution in [3.8, 4) is 0 Å². The van der Waals surface area contributed by atoms with Gasteiger partial charge in [0.2, 0.25) is 0 Å². The van der Waals surface area contributed by atoms with Crippen LogP contribution in [0.15, 0.2) is 0 Å². The van der Waals surface area contributed by atoms with Gasteiger partial charge in [-0.15, -0.1) is 0 Å². The van der Waals surface area contributed by atoms with Crippen molar-refractivity contribution in [2.45, 2.75) is 58.8 Å². The van der Waals surface area contributed by atoms with Crippen molar-refractivity contribution in [2.75, 3.05) is 26.2 Å². The highest BCUT2D eigenvalue weighted by atomic mass is 14.9. The SMILES string of the molecule is CCCNCCCNCC1(C)CCCCC1. The Labute approximate surface area is 102 Å². The summed E-state index contributed by atoms with van der Waals surface area (Å²) in [6.45, 7) is 9.39. The number of hydrogen-bond acceptors (Lipinski definition) is 2. The van der Waals surface area contributed by atoms with Gasteiger partial charge in [-0.05, 0) is 50.7 Å². The summed E-state index contributed by atoms with van der Waals surface area (Å²) in [7, 11) is 0. The molecule has 0 saturated heterocycles. The Hall–Kier alpha value is -0.0800. The van der Waals surface area contributed by atoms with Crippen LogP contribution in [-0.4, -0.2) is 26.2 Å². The van der Waals surface area contributed by atoms with Gasteiger partial charge in [0, 0.05) is 6.54 Å². The predicted octanol–water partition coefficient (Wildman–Crippen LogP) is 2.94. The second-order valence-electron chi connectivity index (χ2n) is 5.65. The molecular formula is C14H30N2. The summed E-state index contributed by atoms with van der Waals surface area (Å²) in [5, 5.41) is 7.08. The van der Waals surface area contributed by atoms with E-state index in [4.69, 9.17) is 0 Å². The molecule has 0 aromatic carbocycles. The van der Waals surface area contributed by atoms with E-state index >= 15 is 0 Å². The summed E-state index contributed by atoms with van der Waals surface area (Å²) < 4.78 is 0. The van der Waals surface area contributed by atoms with E-state index in [1.807, 2.05) is 0 Å². The van der Waals surface area contributed by atoms with Gasteiger partial charge in [0.15, 0.2) is 0 Å². The smallest absolute Gasteiger partial charge is 0.000517 e. The van der Waals surface area contributed by atoms with Crippen molar-refractivity contribution in [2.24, 2.45) is 5.41 Å². The Morgan fingerprint density at radius 2 is 1.62 bits per heavy atom. The topological polar surface area (TPSA) is 24.1 Å². The monoisotopic (exact) mass is 226 g/mol. The summed E-state index contributed by atoms with van der Waals surface area (Å²) in [6.07, 6.45) is 9.69. The highest BCUT2D eigenvalue weighted by Crippen LogP contribution is 2.34. The molecule has 0 unspecified atom stereocenters. The number of rotatable bonds is 8. The minimum atomic E-state index is 0.592. The second-order valence-corrected chi connectivity index (χ2v) is 5.65. The van der Waals surface area contributed by atoms with E-state index in [-0.39, 0.29) is 0 Å². The maximum atomic E-state index is 3.63. The molecule has 1 aliphatic carbocycles. The van der Waals surface area contributed by atoms with Crippen LogP contribution < -0.4 is 10.6 Å². The van der Waals surface area contributed by atoms with Crippen molar-refractivity contribution in [1.82, 2.24) is 10.6 Å². The van der Waals surface area contributed by atoms with E-state index in [1.54, 1.807) is 0 Å². The lowest BCUT2D eigenvalue weighted by Crippen LogP contribution is -2.34. The second kappa shape index (κ2) is 8.08. The molecule has 2 heteroatoms. The van der Waals surface area contributed by atoms with Crippen LogP contribution in [0, 0.1) is 5.41 Å². The first kappa shape index (κ1) is 14.0. The zero-order valence-corrected chi connectivity index (χ0v) is 11.3. The first-order valence-corrected chi connectivity index (χ1v) is 7.18. The average molecular weight is 226 g/mol. The van der Waals surface area contributed by atoms with Gasteiger partial charge >= 0.3 is 0 Å². The van der Waals surface area contributed by atoms with Gasteiger partial charge in [-0.1, -0.05) is 33.1 Å². The van der Waals surface area contributed by atoms with E-state index < -0.39 is 0 Å². The molecule has 0 radical (unpaired) electrons. The van der Waals surface area contributed by atoms with Gasteiger partial charge in [0.1, 0.15) is 0 Å². The Balaban J connectivity index is 1.93. The Morgan fingerprint density at radius 1 is 0.938 bits per heavy atom. The molecule has 0 aliphatic heterocycles. The molecule has 0 heterocycles. The van der Waals surface area contributed by atoms with Crippen molar-refractivity contribution >= 4 is 0 Å². The first-order valence-electron chi connectivity index (χ1n) is 7.18. The molecule has 0 spiro atoms. The molecule has 0 aromatic rings. The molecule has 16 heavy (non-hydrogen) atoms. The molecule has 2 nitrogen and oxygen atoms in total. The van der Waals surface area contributed by atoms with Crippen LogP contribution in [0.4, 0.5) is 0 Å². The zero-order valence-electron chi connectivity index (χ0n) is 11.3. The van der Waals surface area contributed by atoms with Crippen molar-refractivity contribution < 1.29 is 0 Å². The third kappa shape index (κ3) is 5.86. The van der Waals surface area contributed by atoms with Gasteiger partial charge in [0.05, 0.1) is 0 Å². The van der Waals surface area contributed by atoms with Gasteiger partial charge < -0.3 is 10.6 Å². The minimum absolute atomic E-state index is 0.592. The summed E-state index contributed by atoms with van der Waals surface area (Å²) in [6, 6.07) is 0. The molecule has 1 fully saturated rings. The molecule has 0 atom stereocenters. The maximum absolute atomic E-state index is 3.63. The highest BCUT2D eigenvalue weighted by molar-refractivity contribution is 4.80. The number of hydrogen-bond donors (Lipinski definition) is 2. The molecule has 0 bridgehead atoms. The van der Waals surface area contributed by atoms with Crippen LogP contribution in [0.3, 0.4) is 0 Å². The van der Waals surface area contributed by atoms with E-state index in [0.717, 1.165) is 13.1 Å². The standard InChI is InChI=1S/C14H30N2/c1-3-10-15-11-7-12-16-13-14(2)8-5-4-6-9-14/h15-16H,3-13H2,1-2H3. The van der Waals surface area contributed by atoms with Crippen LogP contribution in [0.25, 0.3) is 0 Å². The van der Waals surface area contributed by atoms with E-state index in [0.29, 0.717) is 5.41 Å². The van der Waals surface area contributed by atoms with Crippen LogP contribution >= 0.6 is 0 Å². The summed E-state index contributed by atoms with van der Waals surface area (Å²) in [4.78, 5) is 0. The lowest BCUT2D eigenvalue weighted by molar-refractivity contribution is 0.208. The Morgan fingerprint density at radius 3 is 2.31 bits per heavy atom. The quantitative estimate of drug-likeness (QED) is 0.622. The molecular weight excluding hydrogens is 196 g/mol. The average Bonchev–Trinajstić information content (AvgIpc) is 2.29. The van der Waals surface area contributed by atoms with Crippen molar-refractivity contribution in [3.05, 3.63) is 0 Å². The fourth-order valence-electron chi connectivity index (χ4n) is 2.61. The summed E-state index contributed by atoms with van der Waals surface area (Å²) >= 11 is 0. The third-order valence-electron chi connectivity index (χ3n) is 3.75. The molecule has 2 N–H and O–H groups in total. The first-order chi connectivity index (χ1) is 7.77. The minimum Gasteiger partial charge on any atom is -0.317 e. The number of nitrogens with one attached hydrogen (secondary N) is 2. The van der Waals surface area contributed by atoms with Crippen LogP contribution in [0.2, 0.25) is 0 Å². The molecule has 96 valence electrons. The van der Waals surface area contributed by atoms with Gasteiger partial charge in [-0.2, -0.15) is 0 Å². The zero-order chi connectivity index (χ0) is 11.7. The fourth-order valence-corrected chi connectivity index (χ4v) is 2.61. The molecule has 0 aromatic heterocycles. The third-order valence-corrected chi connectivity index (χ3v) is 3.75. The highest BCUT2D eigenvalue weighted by Gasteiger charge is 2.25. The molecule has 1 saturated carbocycles. The molecule has 0 amide bonds.